The molecule has 210 valence electrons. The molecular weight excluding hydrogens is 527 g/mol. The van der Waals surface area contributed by atoms with Gasteiger partial charge in [-0.25, -0.2) is 9.97 Å². The summed E-state index contributed by atoms with van der Waals surface area (Å²) in [6, 6.07) is 5.19. The number of halogens is 3. The topological polar surface area (TPSA) is 119 Å². The number of imidazole rings is 1. The second kappa shape index (κ2) is 12.2. The molecule has 3 heterocycles. The van der Waals surface area contributed by atoms with Gasteiger partial charge in [-0.2, -0.15) is 18.3 Å². The van der Waals surface area contributed by atoms with E-state index in [-0.39, 0.29) is 36.9 Å². The summed E-state index contributed by atoms with van der Waals surface area (Å²) in [5.74, 6) is 2.34. The van der Waals surface area contributed by atoms with E-state index in [4.69, 9.17) is 11.2 Å². The van der Waals surface area contributed by atoms with Gasteiger partial charge in [-0.3, -0.25) is 13.9 Å². The van der Waals surface area contributed by atoms with Gasteiger partial charge < -0.3 is 20.5 Å². The number of anilines is 2. The summed E-state index contributed by atoms with van der Waals surface area (Å²) in [5.41, 5.74) is 1.15. The maximum atomic E-state index is 13.7. The Labute approximate surface area is 228 Å². The fourth-order valence-electron chi connectivity index (χ4n) is 4.11. The second-order valence-electron chi connectivity index (χ2n) is 8.93. The average molecular weight is 556 g/mol. The molecule has 0 spiro atoms. The van der Waals surface area contributed by atoms with Crippen LogP contribution in [0.3, 0.4) is 0 Å². The van der Waals surface area contributed by atoms with Crippen LogP contribution in [0.5, 0.6) is 0 Å². The second-order valence-corrected chi connectivity index (χ2v) is 8.93. The van der Waals surface area contributed by atoms with E-state index in [1.165, 1.54) is 29.2 Å². The number of terminal acetylenes is 1. The Morgan fingerprint density at radius 2 is 2.10 bits per heavy atom. The molecule has 1 atom stereocenters. The van der Waals surface area contributed by atoms with Gasteiger partial charge in [-0.1, -0.05) is 12.8 Å². The highest BCUT2D eigenvalue weighted by atomic mass is 19.4. The van der Waals surface area contributed by atoms with Gasteiger partial charge in [0.05, 0.1) is 36.8 Å². The Morgan fingerprint density at radius 1 is 1.30 bits per heavy atom. The van der Waals surface area contributed by atoms with Crippen LogP contribution >= 0.6 is 0 Å². The van der Waals surface area contributed by atoms with Crippen molar-refractivity contribution in [3.05, 3.63) is 59.8 Å². The first-order chi connectivity index (χ1) is 19.1. The SMILES string of the molecule is C#CCn1cc(-c2cnc3c(Nc4ccc(C(=O)NCCOC[C@@H](C)O)c(CC)c4)nccn23)c(C(F)(F)F)n1. The zero-order valence-corrected chi connectivity index (χ0v) is 21.9. The lowest BCUT2D eigenvalue weighted by Crippen LogP contribution is -2.28. The highest BCUT2D eigenvalue weighted by molar-refractivity contribution is 5.96. The number of hydrogen-bond donors (Lipinski definition) is 3. The predicted octanol–water partition coefficient (Wildman–Crippen LogP) is 3.68. The van der Waals surface area contributed by atoms with Gasteiger partial charge in [0.15, 0.2) is 17.2 Å². The Balaban J connectivity index is 1.57. The summed E-state index contributed by atoms with van der Waals surface area (Å²) in [6.07, 6.45) is 6.09. The first-order valence-corrected chi connectivity index (χ1v) is 12.5. The third kappa shape index (κ3) is 6.41. The number of fused-ring (bicyclic) bond motifs is 1. The third-order valence-corrected chi connectivity index (χ3v) is 5.87. The van der Waals surface area contributed by atoms with Gasteiger partial charge in [0.25, 0.3) is 5.91 Å². The van der Waals surface area contributed by atoms with Crippen molar-refractivity contribution in [1.29, 1.82) is 0 Å². The molecule has 10 nitrogen and oxygen atoms in total. The quantitative estimate of drug-likeness (QED) is 0.191. The number of hydrogen-bond acceptors (Lipinski definition) is 7. The maximum Gasteiger partial charge on any atom is 0.435 e. The van der Waals surface area contributed by atoms with E-state index in [1.807, 2.05) is 6.92 Å². The zero-order chi connectivity index (χ0) is 28.9. The number of nitrogens with zero attached hydrogens (tertiary/aromatic N) is 5. The molecule has 13 heteroatoms. The molecule has 0 saturated heterocycles. The Hall–Kier alpha value is -4.41. The zero-order valence-electron chi connectivity index (χ0n) is 21.9. The van der Waals surface area contributed by atoms with Crippen molar-refractivity contribution in [2.45, 2.75) is 39.1 Å². The summed E-state index contributed by atoms with van der Waals surface area (Å²) in [6.45, 7) is 4.17. The van der Waals surface area contributed by atoms with Gasteiger partial charge in [-0.15, -0.1) is 6.42 Å². The van der Waals surface area contributed by atoms with Crippen molar-refractivity contribution in [1.82, 2.24) is 29.5 Å². The Bertz CT molecular complexity index is 1540. The van der Waals surface area contributed by atoms with Crippen LogP contribution in [0.25, 0.3) is 16.9 Å². The average Bonchev–Trinajstić information content (AvgIpc) is 3.53. The number of amides is 1. The van der Waals surface area contributed by atoms with E-state index >= 15 is 0 Å². The molecule has 0 aliphatic rings. The van der Waals surface area contributed by atoms with Gasteiger partial charge in [0.2, 0.25) is 0 Å². The third-order valence-electron chi connectivity index (χ3n) is 5.87. The minimum Gasteiger partial charge on any atom is -0.391 e. The van der Waals surface area contributed by atoms with Crippen molar-refractivity contribution >= 4 is 23.1 Å². The molecule has 4 rings (SSSR count). The van der Waals surface area contributed by atoms with Crippen LogP contribution in [-0.4, -0.2) is 61.0 Å². The number of aryl methyl sites for hydroxylation is 1. The fraction of sp³-hybridized carbons (Fsp3) is 0.333. The minimum absolute atomic E-state index is 0.112. The molecule has 40 heavy (non-hydrogen) atoms. The van der Waals surface area contributed by atoms with E-state index in [2.05, 4.69) is 31.6 Å². The fourth-order valence-corrected chi connectivity index (χ4v) is 4.11. The molecule has 3 aromatic heterocycles. The molecule has 1 amide bonds. The maximum absolute atomic E-state index is 13.7. The molecule has 0 fully saturated rings. The normalized spacial score (nSPS) is 12.3. The number of carbonyl (C=O) groups excluding carboxylic acids is 1. The number of benzene rings is 1. The molecule has 0 unspecified atom stereocenters. The van der Waals surface area contributed by atoms with Crippen molar-refractivity contribution < 1.29 is 27.8 Å². The van der Waals surface area contributed by atoms with Crippen LogP contribution in [0.15, 0.2) is 43.0 Å². The van der Waals surface area contributed by atoms with Crippen LogP contribution in [0.4, 0.5) is 24.7 Å². The summed E-state index contributed by atoms with van der Waals surface area (Å²) in [4.78, 5) is 21.3. The van der Waals surface area contributed by atoms with Gasteiger partial charge in [0, 0.05) is 36.4 Å². The Morgan fingerprint density at radius 3 is 2.80 bits per heavy atom. The smallest absolute Gasteiger partial charge is 0.391 e. The molecular formula is C27H28F3N7O3. The summed E-state index contributed by atoms with van der Waals surface area (Å²) in [5, 5.41) is 18.8. The lowest BCUT2D eigenvalue weighted by Gasteiger charge is -2.13. The van der Waals surface area contributed by atoms with E-state index in [1.54, 1.807) is 25.1 Å². The standard InChI is InChI=1S/C27H28F3N7O3/c1-4-10-36-15-21(23(35-36)27(28,29)30)22-14-33-25-24(31-8-11-37(22)25)34-19-6-7-20(18(5-2)13-19)26(39)32-9-12-40-16-17(3)38/h1,6-8,11,13-15,17,38H,5,9-10,12,16H2,2-3H3,(H,31,34)(H,32,39)/t17-/m1/s1. The first-order valence-electron chi connectivity index (χ1n) is 12.5. The van der Waals surface area contributed by atoms with Crippen LogP contribution in [0.1, 0.15) is 35.5 Å². The van der Waals surface area contributed by atoms with Crippen molar-refractivity contribution in [2.75, 3.05) is 25.1 Å². The summed E-state index contributed by atoms with van der Waals surface area (Å²) >= 11 is 0. The molecule has 3 N–H and O–H groups in total. The molecule has 4 aromatic rings. The number of aromatic nitrogens is 5. The van der Waals surface area contributed by atoms with E-state index in [0.717, 1.165) is 10.2 Å². The molecule has 0 aliphatic heterocycles. The van der Waals surface area contributed by atoms with E-state index < -0.39 is 18.0 Å². The van der Waals surface area contributed by atoms with E-state index in [0.29, 0.717) is 35.7 Å². The monoisotopic (exact) mass is 555 g/mol. The van der Waals surface area contributed by atoms with Gasteiger partial charge >= 0.3 is 6.18 Å². The highest BCUT2D eigenvalue weighted by Crippen LogP contribution is 2.37. The van der Waals surface area contributed by atoms with Crippen molar-refractivity contribution in [3.63, 3.8) is 0 Å². The lowest BCUT2D eigenvalue weighted by atomic mass is 10.0. The number of aliphatic hydroxyl groups excluding tert-OH is 1. The molecule has 1 aromatic carbocycles. The molecule has 0 bridgehead atoms. The largest absolute Gasteiger partial charge is 0.435 e. The highest BCUT2D eigenvalue weighted by Gasteiger charge is 2.38. The number of carbonyl (C=O) groups is 1. The Kier molecular flexibility index (Phi) is 8.71. The van der Waals surface area contributed by atoms with Crippen LogP contribution in [0.2, 0.25) is 0 Å². The van der Waals surface area contributed by atoms with Gasteiger partial charge in [-0.05, 0) is 37.1 Å². The van der Waals surface area contributed by atoms with Crippen molar-refractivity contribution in [3.8, 4) is 23.6 Å². The number of rotatable bonds is 11. The van der Waals surface area contributed by atoms with Crippen LogP contribution in [-0.2, 0) is 23.9 Å². The van der Waals surface area contributed by atoms with Crippen molar-refractivity contribution in [2.24, 2.45) is 0 Å². The number of aliphatic hydroxyl groups is 1. The van der Waals surface area contributed by atoms with Crippen LogP contribution in [0, 0.1) is 12.3 Å². The first kappa shape index (κ1) is 28.6. The van der Waals surface area contributed by atoms with Gasteiger partial charge in [0.1, 0.15) is 6.54 Å². The number of alkyl halides is 3. The summed E-state index contributed by atoms with van der Waals surface area (Å²) in [7, 11) is 0. The summed E-state index contributed by atoms with van der Waals surface area (Å²) < 4.78 is 49.0. The number of nitrogens with one attached hydrogen (secondary N) is 2. The van der Waals surface area contributed by atoms with Crippen LogP contribution < -0.4 is 10.6 Å². The number of ether oxygens (including phenoxy) is 1. The molecule has 0 aliphatic carbocycles. The van der Waals surface area contributed by atoms with E-state index in [9.17, 15) is 23.1 Å². The molecule has 0 radical (unpaired) electrons. The minimum atomic E-state index is -4.69. The molecule has 0 saturated carbocycles. The lowest BCUT2D eigenvalue weighted by molar-refractivity contribution is -0.141. The predicted molar refractivity (Wildman–Crippen MR) is 142 cm³/mol.